The minimum Gasteiger partial charge on any atom is -0.478 e. The van der Waals surface area contributed by atoms with Crippen molar-refractivity contribution in [3.63, 3.8) is 0 Å². The molecule has 1 heterocycles. The van der Waals surface area contributed by atoms with Crippen molar-refractivity contribution in [1.82, 2.24) is 0 Å². The number of para-hydroxylation sites is 1. The number of rotatable bonds is 5. The van der Waals surface area contributed by atoms with E-state index < -0.39 is 22.0 Å². The molecule has 1 amide bonds. The lowest BCUT2D eigenvalue weighted by atomic mass is 9.89. The van der Waals surface area contributed by atoms with Crippen LogP contribution in [0.2, 0.25) is 5.02 Å². The van der Waals surface area contributed by atoms with Gasteiger partial charge >= 0.3 is 0 Å². The fourth-order valence-corrected chi connectivity index (χ4v) is 4.11. The molecule has 1 saturated heterocycles. The third kappa shape index (κ3) is 3.86. The summed E-state index contributed by atoms with van der Waals surface area (Å²) in [6, 6.07) is 22.3. The zero-order valence-electron chi connectivity index (χ0n) is 15.5. The van der Waals surface area contributed by atoms with Gasteiger partial charge in [0.25, 0.3) is 5.91 Å². The first kappa shape index (κ1) is 19.5. The number of sulfone groups is 1. The van der Waals surface area contributed by atoms with Crippen molar-refractivity contribution in [2.75, 3.05) is 11.2 Å². The molecule has 0 aliphatic carbocycles. The van der Waals surface area contributed by atoms with E-state index in [2.05, 4.69) is 0 Å². The molecule has 0 aromatic heterocycles. The molecule has 29 heavy (non-hydrogen) atoms. The number of hydrogen-bond donors (Lipinski definition) is 0. The van der Waals surface area contributed by atoms with E-state index in [-0.39, 0.29) is 10.8 Å². The molecule has 1 fully saturated rings. The van der Waals surface area contributed by atoms with Gasteiger partial charge in [0, 0.05) is 17.0 Å². The molecular weight excluding hydrogens is 410 g/mol. The van der Waals surface area contributed by atoms with Crippen LogP contribution in [0.15, 0.2) is 83.8 Å². The van der Waals surface area contributed by atoms with Gasteiger partial charge < -0.3 is 4.74 Å². The molecule has 0 bridgehead atoms. The lowest BCUT2D eigenvalue weighted by Gasteiger charge is -2.46. The summed E-state index contributed by atoms with van der Waals surface area (Å²) in [5, 5.41) is 0.577. The number of carbonyl (C=O) groups excluding carboxylic acids is 1. The molecule has 1 aliphatic heterocycles. The molecule has 0 N–H and O–H groups in total. The van der Waals surface area contributed by atoms with E-state index in [0.717, 1.165) is 11.8 Å². The number of benzene rings is 3. The highest BCUT2D eigenvalue weighted by atomic mass is 35.5. The predicted molar refractivity (Wildman–Crippen MR) is 112 cm³/mol. The average molecular weight is 428 g/mol. The first-order valence-electron chi connectivity index (χ1n) is 8.95. The summed E-state index contributed by atoms with van der Waals surface area (Å²) in [4.78, 5) is 14.8. The fourth-order valence-electron chi connectivity index (χ4n) is 3.35. The molecular formula is C22H18ClNO4S. The maximum atomic E-state index is 12.9. The molecule has 2 atom stereocenters. The minimum atomic E-state index is -3.30. The molecule has 7 heteroatoms. The molecule has 1 aliphatic rings. The zero-order valence-corrected chi connectivity index (χ0v) is 17.1. The van der Waals surface area contributed by atoms with Crippen LogP contribution in [0.5, 0.6) is 5.75 Å². The number of β-lactam (4-membered cyclic amide) rings is 1. The highest BCUT2D eigenvalue weighted by molar-refractivity contribution is 7.90. The van der Waals surface area contributed by atoms with Crippen LogP contribution in [0.1, 0.15) is 11.6 Å². The van der Waals surface area contributed by atoms with Crippen molar-refractivity contribution in [1.29, 1.82) is 0 Å². The molecule has 0 unspecified atom stereocenters. The Balaban J connectivity index is 1.70. The number of hydrogen-bond acceptors (Lipinski definition) is 4. The third-order valence-electron chi connectivity index (χ3n) is 4.81. The van der Waals surface area contributed by atoms with Gasteiger partial charge in [-0.3, -0.25) is 9.69 Å². The van der Waals surface area contributed by atoms with Gasteiger partial charge in [0.05, 0.1) is 4.90 Å². The van der Waals surface area contributed by atoms with Crippen LogP contribution in [0.25, 0.3) is 0 Å². The largest absolute Gasteiger partial charge is 0.478 e. The van der Waals surface area contributed by atoms with E-state index in [1.54, 1.807) is 65.6 Å². The van der Waals surface area contributed by atoms with Gasteiger partial charge in [-0.25, -0.2) is 8.42 Å². The highest BCUT2D eigenvalue weighted by Crippen LogP contribution is 2.41. The third-order valence-corrected chi connectivity index (χ3v) is 6.19. The van der Waals surface area contributed by atoms with Gasteiger partial charge in [-0.05, 0) is 54.1 Å². The predicted octanol–water partition coefficient (Wildman–Crippen LogP) is 4.28. The summed E-state index contributed by atoms with van der Waals surface area (Å²) in [6.45, 7) is 0. The number of carbonyl (C=O) groups is 1. The van der Waals surface area contributed by atoms with Gasteiger partial charge in [-0.1, -0.05) is 41.9 Å². The number of amides is 1. The maximum absolute atomic E-state index is 12.9. The standard InChI is InChI=1S/C22H18ClNO4S/c1-29(26,27)19-13-7-15(8-14-19)20-21(28-18-5-3-2-4-6-18)22(25)24(20)17-11-9-16(23)10-12-17/h2-14,20-21H,1H3/t20-,21+/m1/s1. The Morgan fingerprint density at radius 3 is 2.10 bits per heavy atom. The Labute approximate surface area is 174 Å². The van der Waals surface area contributed by atoms with Crippen LogP contribution in [0.4, 0.5) is 5.69 Å². The molecule has 0 spiro atoms. The van der Waals surface area contributed by atoms with E-state index in [4.69, 9.17) is 16.3 Å². The van der Waals surface area contributed by atoms with Crippen molar-refractivity contribution in [2.24, 2.45) is 0 Å². The van der Waals surface area contributed by atoms with Crippen LogP contribution in [-0.2, 0) is 14.6 Å². The van der Waals surface area contributed by atoms with Gasteiger partial charge in [-0.15, -0.1) is 0 Å². The van der Waals surface area contributed by atoms with E-state index in [9.17, 15) is 13.2 Å². The number of anilines is 1. The summed E-state index contributed by atoms with van der Waals surface area (Å²) in [6.07, 6.45) is 0.452. The average Bonchev–Trinajstić information content (AvgIpc) is 2.71. The summed E-state index contributed by atoms with van der Waals surface area (Å²) in [5.41, 5.74) is 1.48. The monoisotopic (exact) mass is 427 g/mol. The second kappa shape index (κ2) is 7.54. The summed E-state index contributed by atoms with van der Waals surface area (Å²) in [7, 11) is -3.30. The van der Waals surface area contributed by atoms with Crippen LogP contribution >= 0.6 is 11.6 Å². The van der Waals surface area contributed by atoms with E-state index >= 15 is 0 Å². The first-order chi connectivity index (χ1) is 13.8. The van der Waals surface area contributed by atoms with Crippen molar-refractivity contribution in [3.05, 3.63) is 89.4 Å². The smallest absolute Gasteiger partial charge is 0.271 e. The molecule has 5 nitrogen and oxygen atoms in total. The van der Waals surface area contributed by atoms with Crippen LogP contribution in [0, 0.1) is 0 Å². The zero-order chi connectivity index (χ0) is 20.6. The van der Waals surface area contributed by atoms with Gasteiger partial charge in [0.1, 0.15) is 11.8 Å². The van der Waals surface area contributed by atoms with Crippen LogP contribution < -0.4 is 9.64 Å². The summed E-state index contributed by atoms with van der Waals surface area (Å²) in [5.74, 6) is 0.424. The lowest BCUT2D eigenvalue weighted by Crippen LogP contribution is -2.61. The van der Waals surface area contributed by atoms with Gasteiger partial charge in [-0.2, -0.15) is 0 Å². The SMILES string of the molecule is CS(=O)(=O)c1ccc([C@@H]2[C@H](Oc3ccccc3)C(=O)N2c2ccc(Cl)cc2)cc1. The van der Waals surface area contributed by atoms with Crippen LogP contribution in [-0.4, -0.2) is 26.7 Å². The summed E-state index contributed by atoms with van der Waals surface area (Å²) >= 11 is 5.98. The van der Waals surface area contributed by atoms with Crippen molar-refractivity contribution in [2.45, 2.75) is 17.0 Å². The Hall–Kier alpha value is -2.83. The Bertz CT molecular complexity index is 1130. The lowest BCUT2D eigenvalue weighted by molar-refractivity contribution is -0.135. The number of ether oxygens (including phenoxy) is 1. The number of nitrogens with zero attached hydrogens (tertiary/aromatic N) is 1. The fraction of sp³-hybridized carbons (Fsp3) is 0.136. The molecule has 0 saturated carbocycles. The van der Waals surface area contributed by atoms with E-state index in [1.165, 1.54) is 0 Å². The van der Waals surface area contributed by atoms with Crippen molar-refractivity contribution < 1.29 is 17.9 Å². The van der Waals surface area contributed by atoms with Crippen molar-refractivity contribution >= 4 is 33.0 Å². The van der Waals surface area contributed by atoms with E-state index in [0.29, 0.717) is 16.5 Å². The molecule has 148 valence electrons. The normalized spacial score (nSPS) is 19.0. The maximum Gasteiger partial charge on any atom is 0.271 e. The summed E-state index contributed by atoms with van der Waals surface area (Å²) < 4.78 is 29.5. The van der Waals surface area contributed by atoms with E-state index in [1.807, 2.05) is 18.2 Å². The number of halogens is 1. The highest BCUT2D eigenvalue weighted by Gasteiger charge is 2.51. The van der Waals surface area contributed by atoms with Crippen LogP contribution in [0.3, 0.4) is 0 Å². The first-order valence-corrected chi connectivity index (χ1v) is 11.2. The second-order valence-electron chi connectivity index (χ2n) is 6.82. The Morgan fingerprint density at radius 1 is 0.897 bits per heavy atom. The Kier molecular flexibility index (Phi) is 5.06. The van der Waals surface area contributed by atoms with Crippen molar-refractivity contribution in [3.8, 4) is 5.75 Å². The molecule has 3 aromatic carbocycles. The molecule has 0 radical (unpaired) electrons. The Morgan fingerprint density at radius 2 is 1.52 bits per heavy atom. The minimum absolute atomic E-state index is 0.173. The van der Waals surface area contributed by atoms with Gasteiger partial charge in [0.15, 0.2) is 9.84 Å². The van der Waals surface area contributed by atoms with Gasteiger partial charge in [0.2, 0.25) is 6.10 Å². The second-order valence-corrected chi connectivity index (χ2v) is 9.27. The molecule has 3 aromatic rings. The molecule has 4 rings (SSSR count). The quantitative estimate of drug-likeness (QED) is 0.570. The topological polar surface area (TPSA) is 63.7 Å².